The van der Waals surface area contributed by atoms with Crippen LogP contribution in [0.15, 0.2) is 47.4 Å². The van der Waals surface area contributed by atoms with Gasteiger partial charge < -0.3 is 0 Å². The van der Waals surface area contributed by atoms with E-state index in [0.29, 0.717) is 33.7 Å². The lowest BCUT2D eigenvalue weighted by molar-refractivity contribution is 0.112. The van der Waals surface area contributed by atoms with Gasteiger partial charge in [0, 0.05) is 16.3 Å². The number of rotatable bonds is 2. The van der Waals surface area contributed by atoms with Gasteiger partial charge in [-0.15, -0.1) is 0 Å². The summed E-state index contributed by atoms with van der Waals surface area (Å²) in [5.74, 6) is 0. The average molecular weight is 287 g/mol. The highest BCUT2D eigenvalue weighted by atomic mass is 32.2. The molecule has 6 heteroatoms. The molecule has 0 radical (unpaired) electrons. The lowest BCUT2D eigenvalue weighted by Crippen LogP contribution is -1.99. The van der Waals surface area contributed by atoms with Gasteiger partial charge in [0.15, 0.2) is 6.29 Å². The lowest BCUT2D eigenvalue weighted by Gasteiger charge is -2.07. The van der Waals surface area contributed by atoms with Crippen LogP contribution in [0, 0.1) is 0 Å². The summed E-state index contributed by atoms with van der Waals surface area (Å²) >= 11 is 0. The minimum atomic E-state index is -4.32. The molecule has 0 aliphatic rings. The van der Waals surface area contributed by atoms with E-state index in [0.717, 1.165) is 0 Å². The first-order valence-electron chi connectivity index (χ1n) is 5.76. The maximum atomic E-state index is 11.4. The Morgan fingerprint density at radius 2 is 1.70 bits per heavy atom. The second-order valence-electron chi connectivity index (χ2n) is 4.31. The summed E-state index contributed by atoms with van der Waals surface area (Å²) in [6, 6.07) is 11.1. The first-order chi connectivity index (χ1) is 9.50. The van der Waals surface area contributed by atoms with Crippen LogP contribution in [0.2, 0.25) is 0 Å². The SMILES string of the molecule is O=Cc1c2ccccc2nc2ccc(S(=O)(=O)O)cc12. The molecule has 3 rings (SSSR count). The van der Waals surface area contributed by atoms with Gasteiger partial charge in [-0.2, -0.15) is 8.42 Å². The molecule has 0 saturated carbocycles. The van der Waals surface area contributed by atoms with Crippen LogP contribution in [0.1, 0.15) is 10.4 Å². The van der Waals surface area contributed by atoms with Crippen molar-refractivity contribution in [2.24, 2.45) is 0 Å². The number of carbonyl (C=O) groups is 1. The van der Waals surface area contributed by atoms with Crippen LogP contribution < -0.4 is 0 Å². The van der Waals surface area contributed by atoms with Crippen LogP contribution in [-0.2, 0) is 10.1 Å². The molecule has 0 fully saturated rings. The number of aldehydes is 1. The Labute approximate surface area is 114 Å². The zero-order valence-corrected chi connectivity index (χ0v) is 11.0. The summed E-state index contributed by atoms with van der Waals surface area (Å²) in [7, 11) is -4.32. The maximum Gasteiger partial charge on any atom is 0.294 e. The molecule has 20 heavy (non-hydrogen) atoms. The third kappa shape index (κ3) is 1.95. The van der Waals surface area contributed by atoms with E-state index < -0.39 is 10.1 Å². The Balaban J connectivity index is 2.51. The minimum Gasteiger partial charge on any atom is -0.298 e. The number of benzene rings is 2. The highest BCUT2D eigenvalue weighted by molar-refractivity contribution is 7.85. The summed E-state index contributed by atoms with van der Waals surface area (Å²) in [4.78, 5) is 15.5. The van der Waals surface area contributed by atoms with E-state index in [4.69, 9.17) is 4.55 Å². The predicted octanol–water partition coefficient (Wildman–Crippen LogP) is 2.45. The fourth-order valence-electron chi connectivity index (χ4n) is 2.19. The molecule has 5 nitrogen and oxygen atoms in total. The summed E-state index contributed by atoms with van der Waals surface area (Å²) in [5, 5.41) is 1.04. The van der Waals surface area contributed by atoms with Crippen molar-refractivity contribution >= 4 is 38.2 Å². The van der Waals surface area contributed by atoms with Crippen molar-refractivity contribution in [2.75, 3.05) is 0 Å². The summed E-state index contributed by atoms with van der Waals surface area (Å²) in [5.41, 5.74) is 1.51. The number of fused-ring (bicyclic) bond motifs is 2. The number of nitrogens with zero attached hydrogens (tertiary/aromatic N) is 1. The number of carbonyl (C=O) groups excluding carboxylic acids is 1. The van der Waals surface area contributed by atoms with Crippen molar-refractivity contribution in [3.8, 4) is 0 Å². The average Bonchev–Trinajstić information content (AvgIpc) is 2.43. The third-order valence-electron chi connectivity index (χ3n) is 3.11. The molecule has 0 atom stereocenters. The largest absolute Gasteiger partial charge is 0.298 e. The lowest BCUT2D eigenvalue weighted by atomic mass is 10.0. The molecular formula is C14H9NO4S. The molecule has 1 aromatic heterocycles. The zero-order valence-electron chi connectivity index (χ0n) is 10.1. The van der Waals surface area contributed by atoms with Crippen molar-refractivity contribution in [1.82, 2.24) is 4.98 Å². The van der Waals surface area contributed by atoms with E-state index >= 15 is 0 Å². The Bertz CT molecular complexity index is 948. The summed E-state index contributed by atoms with van der Waals surface area (Å²) < 4.78 is 31.5. The highest BCUT2D eigenvalue weighted by Crippen LogP contribution is 2.26. The van der Waals surface area contributed by atoms with E-state index in [1.165, 1.54) is 18.2 Å². The van der Waals surface area contributed by atoms with E-state index in [2.05, 4.69) is 4.98 Å². The normalized spacial score (nSPS) is 11.8. The Hall–Kier alpha value is -2.31. The van der Waals surface area contributed by atoms with Crippen molar-refractivity contribution in [3.63, 3.8) is 0 Å². The fraction of sp³-hybridized carbons (Fsp3) is 0. The molecule has 0 aliphatic heterocycles. The van der Waals surface area contributed by atoms with Crippen LogP contribution in [0.4, 0.5) is 0 Å². The highest BCUT2D eigenvalue weighted by Gasteiger charge is 2.14. The summed E-state index contributed by atoms with van der Waals surface area (Å²) in [6.45, 7) is 0. The third-order valence-corrected chi connectivity index (χ3v) is 3.96. The number of hydrogen-bond donors (Lipinski definition) is 1. The van der Waals surface area contributed by atoms with E-state index in [1.54, 1.807) is 18.2 Å². The molecular weight excluding hydrogens is 278 g/mol. The predicted molar refractivity (Wildman–Crippen MR) is 74.5 cm³/mol. The van der Waals surface area contributed by atoms with Crippen LogP contribution in [0.5, 0.6) is 0 Å². The van der Waals surface area contributed by atoms with Crippen molar-refractivity contribution in [3.05, 3.63) is 48.0 Å². The number of para-hydroxylation sites is 1. The van der Waals surface area contributed by atoms with E-state index in [-0.39, 0.29) is 4.90 Å². The second kappa shape index (κ2) is 4.36. The van der Waals surface area contributed by atoms with Crippen molar-refractivity contribution in [1.29, 1.82) is 0 Å². The van der Waals surface area contributed by atoms with Crippen molar-refractivity contribution in [2.45, 2.75) is 4.90 Å². The Morgan fingerprint density at radius 1 is 1.00 bits per heavy atom. The fourth-order valence-corrected chi connectivity index (χ4v) is 2.70. The number of hydrogen-bond acceptors (Lipinski definition) is 4. The van der Waals surface area contributed by atoms with Gasteiger partial charge >= 0.3 is 0 Å². The molecule has 0 saturated heterocycles. The van der Waals surface area contributed by atoms with Gasteiger partial charge in [0.25, 0.3) is 10.1 Å². The smallest absolute Gasteiger partial charge is 0.294 e. The van der Waals surface area contributed by atoms with Gasteiger partial charge in [0.2, 0.25) is 0 Å². The quantitative estimate of drug-likeness (QED) is 0.444. The summed E-state index contributed by atoms with van der Waals surface area (Å²) in [6.07, 6.45) is 0.667. The molecule has 0 unspecified atom stereocenters. The topological polar surface area (TPSA) is 84.3 Å². The molecule has 3 aromatic rings. The molecule has 100 valence electrons. The molecule has 2 aromatic carbocycles. The maximum absolute atomic E-state index is 11.4. The van der Waals surface area contributed by atoms with E-state index in [1.807, 2.05) is 6.07 Å². The monoisotopic (exact) mass is 287 g/mol. The number of aromatic nitrogens is 1. The zero-order chi connectivity index (χ0) is 14.3. The molecule has 0 aliphatic carbocycles. The van der Waals surface area contributed by atoms with Crippen LogP contribution in [0.25, 0.3) is 21.8 Å². The van der Waals surface area contributed by atoms with E-state index in [9.17, 15) is 13.2 Å². The van der Waals surface area contributed by atoms with Gasteiger partial charge in [0.05, 0.1) is 15.9 Å². The second-order valence-corrected chi connectivity index (χ2v) is 5.74. The van der Waals surface area contributed by atoms with Crippen LogP contribution >= 0.6 is 0 Å². The Morgan fingerprint density at radius 3 is 2.40 bits per heavy atom. The van der Waals surface area contributed by atoms with Gasteiger partial charge in [-0.3, -0.25) is 9.35 Å². The van der Waals surface area contributed by atoms with Gasteiger partial charge in [-0.25, -0.2) is 4.98 Å². The molecule has 0 bridgehead atoms. The first kappa shape index (κ1) is 12.7. The van der Waals surface area contributed by atoms with Crippen molar-refractivity contribution < 1.29 is 17.8 Å². The van der Waals surface area contributed by atoms with Crippen LogP contribution in [0.3, 0.4) is 0 Å². The standard InChI is InChI=1S/C14H9NO4S/c16-8-12-10-3-1-2-4-13(10)15-14-6-5-9(7-11(12)14)20(17,18)19/h1-8H,(H,17,18,19). The van der Waals surface area contributed by atoms with Gasteiger partial charge in [-0.05, 0) is 24.3 Å². The number of pyridine rings is 1. The molecule has 1 N–H and O–H groups in total. The molecule has 0 spiro atoms. The van der Waals surface area contributed by atoms with Gasteiger partial charge in [-0.1, -0.05) is 18.2 Å². The minimum absolute atomic E-state index is 0.259. The van der Waals surface area contributed by atoms with Crippen LogP contribution in [-0.4, -0.2) is 24.2 Å². The van der Waals surface area contributed by atoms with Gasteiger partial charge in [0.1, 0.15) is 0 Å². The molecule has 1 heterocycles. The first-order valence-corrected chi connectivity index (χ1v) is 7.20. The molecule has 0 amide bonds. The Kier molecular flexibility index (Phi) is 2.77.